The number of nitrogens with zero attached hydrogens (tertiary/aromatic N) is 2. The Balaban J connectivity index is 1.64. The Hall–Kier alpha value is -3.72. The molecule has 0 spiro atoms. The van der Waals surface area contributed by atoms with Gasteiger partial charge in [-0.3, -0.25) is 9.36 Å². The molecule has 41 heavy (non-hydrogen) atoms. The minimum Gasteiger partial charge on any atom is -0.487 e. The first kappa shape index (κ1) is 28.8. The summed E-state index contributed by atoms with van der Waals surface area (Å²) in [5.74, 6) is -0.545. The first-order chi connectivity index (χ1) is 19.7. The summed E-state index contributed by atoms with van der Waals surface area (Å²) in [5.41, 5.74) is 3.49. The van der Waals surface area contributed by atoms with Crippen molar-refractivity contribution in [2.75, 3.05) is 6.61 Å². The number of carbonyl (C=O) groups excluding carboxylic acids is 1. The number of halogens is 3. The zero-order valence-electron chi connectivity index (χ0n) is 22.4. The Morgan fingerprint density at radius 2 is 1.80 bits per heavy atom. The number of carbonyl (C=O) groups is 1. The summed E-state index contributed by atoms with van der Waals surface area (Å²) in [5, 5.41) is 0.623. The lowest BCUT2D eigenvalue weighted by Crippen LogP contribution is -2.39. The monoisotopic (exact) mass is 610 g/mol. The highest BCUT2D eigenvalue weighted by Gasteiger charge is 2.33. The van der Waals surface area contributed by atoms with E-state index in [1.807, 2.05) is 31.2 Å². The van der Waals surface area contributed by atoms with E-state index in [9.17, 15) is 14.0 Å². The summed E-state index contributed by atoms with van der Waals surface area (Å²) < 4.78 is 26.6. The molecule has 4 aromatic rings. The van der Waals surface area contributed by atoms with Crippen molar-refractivity contribution in [2.24, 2.45) is 4.99 Å². The number of rotatable bonds is 7. The van der Waals surface area contributed by atoms with Gasteiger partial charge in [0, 0.05) is 10.6 Å². The van der Waals surface area contributed by atoms with Crippen molar-refractivity contribution in [3.63, 3.8) is 0 Å². The highest BCUT2D eigenvalue weighted by atomic mass is 35.5. The van der Waals surface area contributed by atoms with Crippen LogP contribution >= 0.6 is 34.5 Å². The van der Waals surface area contributed by atoms with Gasteiger partial charge in [-0.2, -0.15) is 0 Å². The van der Waals surface area contributed by atoms with Crippen LogP contribution in [0, 0.1) is 12.7 Å². The van der Waals surface area contributed by atoms with Crippen LogP contribution in [0.25, 0.3) is 6.08 Å². The van der Waals surface area contributed by atoms with Crippen molar-refractivity contribution in [1.29, 1.82) is 0 Å². The van der Waals surface area contributed by atoms with Crippen LogP contribution < -0.4 is 19.6 Å². The normalized spacial score (nSPS) is 15.0. The number of aryl methyl sites for hydroxylation is 1. The van der Waals surface area contributed by atoms with Crippen LogP contribution in [0.5, 0.6) is 5.75 Å². The van der Waals surface area contributed by atoms with Crippen LogP contribution in [0.1, 0.15) is 42.1 Å². The number of fused-ring (bicyclic) bond motifs is 1. The highest BCUT2D eigenvalue weighted by Crippen LogP contribution is 2.34. The molecule has 0 bridgehead atoms. The van der Waals surface area contributed by atoms with E-state index < -0.39 is 12.0 Å². The fraction of sp³-hybridized carbons (Fsp3) is 0.194. The molecule has 0 N–H and O–H groups in total. The molecular weight excluding hydrogens is 586 g/mol. The Bertz CT molecular complexity index is 1850. The number of hydrogen-bond acceptors (Lipinski definition) is 6. The Labute approximate surface area is 249 Å². The van der Waals surface area contributed by atoms with E-state index in [0.29, 0.717) is 36.9 Å². The van der Waals surface area contributed by atoms with Crippen molar-refractivity contribution >= 4 is 46.6 Å². The fourth-order valence-electron chi connectivity index (χ4n) is 4.57. The van der Waals surface area contributed by atoms with Crippen LogP contribution in [0.4, 0.5) is 4.39 Å². The molecule has 1 atom stereocenters. The largest absolute Gasteiger partial charge is 0.487 e. The van der Waals surface area contributed by atoms with Crippen LogP contribution in [0.3, 0.4) is 0 Å². The summed E-state index contributed by atoms with van der Waals surface area (Å²) in [7, 11) is 0. The van der Waals surface area contributed by atoms with Crippen LogP contribution in [-0.2, 0) is 16.1 Å². The fourth-order valence-corrected chi connectivity index (χ4v) is 6.17. The maximum atomic E-state index is 14.0. The number of thiazole rings is 1. The summed E-state index contributed by atoms with van der Waals surface area (Å²) in [6, 6.07) is 16.1. The van der Waals surface area contributed by atoms with Gasteiger partial charge < -0.3 is 9.47 Å². The molecule has 1 aromatic heterocycles. The first-order valence-corrected chi connectivity index (χ1v) is 14.4. The lowest BCUT2D eigenvalue weighted by molar-refractivity contribution is -0.139. The number of benzene rings is 3. The minimum atomic E-state index is -0.717. The predicted molar refractivity (Wildman–Crippen MR) is 159 cm³/mol. The molecule has 0 fully saturated rings. The average molecular weight is 612 g/mol. The van der Waals surface area contributed by atoms with E-state index in [4.69, 9.17) is 32.7 Å². The third kappa shape index (κ3) is 6.00. The van der Waals surface area contributed by atoms with Crippen LogP contribution in [0.15, 0.2) is 81.7 Å². The quantitative estimate of drug-likeness (QED) is 0.236. The third-order valence-corrected chi connectivity index (χ3v) is 8.01. The van der Waals surface area contributed by atoms with Gasteiger partial charge in [0.1, 0.15) is 18.2 Å². The maximum Gasteiger partial charge on any atom is 0.338 e. The second-order valence-electron chi connectivity index (χ2n) is 9.43. The van der Waals surface area contributed by atoms with Gasteiger partial charge in [0.15, 0.2) is 4.80 Å². The van der Waals surface area contributed by atoms with E-state index in [1.54, 1.807) is 44.2 Å². The summed E-state index contributed by atoms with van der Waals surface area (Å²) in [6.07, 6.45) is 1.65. The van der Waals surface area contributed by atoms with Crippen molar-refractivity contribution in [2.45, 2.75) is 33.4 Å². The molecule has 0 unspecified atom stereocenters. The Morgan fingerprint density at radius 1 is 1.10 bits per heavy atom. The first-order valence-electron chi connectivity index (χ1n) is 12.8. The molecule has 10 heteroatoms. The Morgan fingerprint density at radius 3 is 2.49 bits per heavy atom. The zero-order valence-corrected chi connectivity index (χ0v) is 24.7. The second-order valence-corrected chi connectivity index (χ2v) is 11.3. The number of aromatic nitrogens is 1. The Kier molecular flexibility index (Phi) is 8.45. The minimum absolute atomic E-state index is 0.124. The van der Waals surface area contributed by atoms with E-state index in [1.165, 1.54) is 28.0 Å². The average Bonchev–Trinajstić information content (AvgIpc) is 3.23. The SMILES string of the molecule is CCOC(=O)C1=C(C)N=c2s/c(=C\c3cc(Cl)cc(Cl)c3OCc3ccc(F)cc3)c(=O)n2[C@H]1c1ccc(C)cc1. The van der Waals surface area contributed by atoms with Gasteiger partial charge in [-0.05, 0) is 62.2 Å². The zero-order chi connectivity index (χ0) is 29.3. The molecule has 1 aliphatic heterocycles. The van der Waals surface area contributed by atoms with E-state index >= 15 is 0 Å². The van der Waals surface area contributed by atoms with E-state index in [2.05, 4.69) is 4.99 Å². The molecule has 0 radical (unpaired) electrons. The van der Waals surface area contributed by atoms with Gasteiger partial charge >= 0.3 is 5.97 Å². The number of hydrogen-bond donors (Lipinski definition) is 0. The highest BCUT2D eigenvalue weighted by molar-refractivity contribution is 7.07. The molecule has 0 saturated heterocycles. The predicted octanol–water partition coefficient (Wildman–Crippen LogP) is 6.13. The van der Waals surface area contributed by atoms with E-state index in [-0.39, 0.29) is 29.6 Å². The van der Waals surface area contributed by atoms with Crippen molar-refractivity contribution in [3.8, 4) is 5.75 Å². The molecule has 0 saturated carbocycles. The van der Waals surface area contributed by atoms with Gasteiger partial charge in [0.05, 0.1) is 33.5 Å². The summed E-state index contributed by atoms with van der Waals surface area (Å²) in [4.78, 5) is 32.1. The van der Waals surface area contributed by atoms with Crippen molar-refractivity contribution in [1.82, 2.24) is 4.57 Å². The number of allylic oxidation sites excluding steroid dienone is 1. The van der Waals surface area contributed by atoms with Crippen molar-refractivity contribution < 1.29 is 18.7 Å². The third-order valence-electron chi connectivity index (χ3n) is 6.53. The number of ether oxygens (including phenoxy) is 2. The molecular formula is C31H25Cl2FN2O4S. The lowest BCUT2D eigenvalue weighted by Gasteiger charge is -2.24. The summed E-state index contributed by atoms with van der Waals surface area (Å²) >= 11 is 14.0. The van der Waals surface area contributed by atoms with Gasteiger partial charge in [0.2, 0.25) is 0 Å². The van der Waals surface area contributed by atoms with Gasteiger partial charge in [-0.25, -0.2) is 14.2 Å². The molecule has 0 aliphatic carbocycles. The smallest absolute Gasteiger partial charge is 0.338 e. The summed E-state index contributed by atoms with van der Waals surface area (Å²) in [6.45, 7) is 5.75. The molecule has 3 aromatic carbocycles. The lowest BCUT2D eigenvalue weighted by atomic mass is 9.95. The van der Waals surface area contributed by atoms with Gasteiger partial charge in [0.25, 0.3) is 5.56 Å². The standard InChI is InChI=1S/C31H25Cl2FN2O4S/c1-4-39-30(38)26-18(3)35-31-36(27(26)20-9-5-17(2)6-10-20)29(37)25(41-31)14-21-13-22(32)15-24(33)28(21)40-16-19-7-11-23(34)12-8-19/h5-15,27H,4,16H2,1-3H3/b25-14-/t27-/m0/s1. The number of esters is 1. The molecule has 0 amide bonds. The topological polar surface area (TPSA) is 69.9 Å². The molecule has 6 nitrogen and oxygen atoms in total. The van der Waals surface area contributed by atoms with Crippen molar-refractivity contribution in [3.05, 3.63) is 130 Å². The molecule has 210 valence electrons. The van der Waals surface area contributed by atoms with Crippen LogP contribution in [-0.4, -0.2) is 17.1 Å². The second kappa shape index (κ2) is 12.0. The van der Waals surface area contributed by atoms with E-state index in [0.717, 1.165) is 16.7 Å². The molecule has 5 rings (SSSR count). The maximum absolute atomic E-state index is 14.0. The van der Waals surface area contributed by atoms with Gasteiger partial charge in [-0.15, -0.1) is 0 Å². The molecule has 1 aliphatic rings. The van der Waals surface area contributed by atoms with Crippen LogP contribution in [0.2, 0.25) is 10.0 Å². The van der Waals surface area contributed by atoms with Gasteiger partial charge in [-0.1, -0.05) is 76.5 Å². The molecule has 2 heterocycles.